The standard InChI is InChI=1S/C17H18ClN5O2S2/c1-3-23-14(8-25-13-7-5-4-6-12(13)18)21-22-17(23)27-10-15(24)20-16-19-11(2)9-26-16/h4-7,9H,3,8,10H2,1-2H3,(H,19,20,24). The number of hydrogen-bond donors (Lipinski definition) is 1. The first-order valence-electron chi connectivity index (χ1n) is 8.21. The molecule has 2 heterocycles. The van der Waals surface area contributed by atoms with Gasteiger partial charge in [0.1, 0.15) is 12.4 Å². The van der Waals surface area contributed by atoms with Crippen LogP contribution in [0.4, 0.5) is 5.13 Å². The molecule has 0 unspecified atom stereocenters. The normalized spacial score (nSPS) is 10.8. The van der Waals surface area contributed by atoms with Crippen molar-refractivity contribution in [3.8, 4) is 5.75 Å². The second-order valence-electron chi connectivity index (χ2n) is 5.49. The molecule has 142 valence electrons. The molecule has 0 aliphatic rings. The Balaban J connectivity index is 1.58. The van der Waals surface area contributed by atoms with Crippen molar-refractivity contribution in [3.63, 3.8) is 0 Å². The smallest absolute Gasteiger partial charge is 0.236 e. The highest BCUT2D eigenvalue weighted by Gasteiger charge is 2.14. The Morgan fingerprint density at radius 3 is 2.89 bits per heavy atom. The fourth-order valence-electron chi connectivity index (χ4n) is 2.25. The van der Waals surface area contributed by atoms with Gasteiger partial charge in [-0.2, -0.15) is 0 Å². The minimum atomic E-state index is -0.131. The number of aryl methyl sites for hydroxylation is 1. The lowest BCUT2D eigenvalue weighted by Crippen LogP contribution is -2.14. The van der Waals surface area contributed by atoms with Gasteiger partial charge < -0.3 is 14.6 Å². The number of benzene rings is 1. The lowest BCUT2D eigenvalue weighted by molar-refractivity contribution is -0.113. The lowest BCUT2D eigenvalue weighted by atomic mass is 10.3. The van der Waals surface area contributed by atoms with E-state index in [9.17, 15) is 4.79 Å². The average Bonchev–Trinajstić information content (AvgIpc) is 3.24. The third-order valence-corrected chi connectivity index (χ3v) is 5.66. The molecular weight excluding hydrogens is 406 g/mol. The van der Waals surface area contributed by atoms with Gasteiger partial charge in [-0.15, -0.1) is 21.5 Å². The van der Waals surface area contributed by atoms with Gasteiger partial charge in [0.15, 0.2) is 16.1 Å². The largest absolute Gasteiger partial charge is 0.484 e. The van der Waals surface area contributed by atoms with Crippen molar-refractivity contribution in [1.82, 2.24) is 19.7 Å². The molecule has 0 radical (unpaired) electrons. The van der Waals surface area contributed by atoms with Crippen molar-refractivity contribution in [2.75, 3.05) is 11.1 Å². The van der Waals surface area contributed by atoms with Crippen LogP contribution >= 0.6 is 34.7 Å². The van der Waals surface area contributed by atoms with Crippen LogP contribution in [-0.4, -0.2) is 31.4 Å². The topological polar surface area (TPSA) is 81.9 Å². The summed E-state index contributed by atoms with van der Waals surface area (Å²) >= 11 is 8.83. The van der Waals surface area contributed by atoms with Crippen LogP contribution in [0, 0.1) is 6.92 Å². The summed E-state index contributed by atoms with van der Waals surface area (Å²) in [6.45, 7) is 4.79. The molecule has 0 saturated heterocycles. The molecule has 1 amide bonds. The molecule has 3 aromatic rings. The predicted molar refractivity (Wildman–Crippen MR) is 108 cm³/mol. The van der Waals surface area contributed by atoms with Crippen molar-refractivity contribution in [3.05, 3.63) is 46.2 Å². The maximum absolute atomic E-state index is 12.1. The Hall–Kier alpha value is -2.10. The van der Waals surface area contributed by atoms with Crippen molar-refractivity contribution in [2.24, 2.45) is 0 Å². The van der Waals surface area contributed by atoms with E-state index in [1.54, 1.807) is 12.1 Å². The molecule has 0 saturated carbocycles. The van der Waals surface area contributed by atoms with Crippen LogP contribution in [0.3, 0.4) is 0 Å². The maximum Gasteiger partial charge on any atom is 0.236 e. The summed E-state index contributed by atoms with van der Waals surface area (Å²) in [6, 6.07) is 7.27. The van der Waals surface area contributed by atoms with E-state index in [0.29, 0.717) is 33.4 Å². The van der Waals surface area contributed by atoms with E-state index in [2.05, 4.69) is 20.5 Å². The van der Waals surface area contributed by atoms with E-state index < -0.39 is 0 Å². The van der Waals surface area contributed by atoms with Crippen molar-refractivity contribution >= 4 is 45.7 Å². The Kier molecular flexibility index (Phi) is 6.70. The molecule has 0 bridgehead atoms. The zero-order valence-corrected chi connectivity index (χ0v) is 17.2. The molecule has 0 aliphatic carbocycles. The number of ether oxygens (including phenoxy) is 1. The first kappa shape index (κ1) is 19.7. The van der Waals surface area contributed by atoms with Crippen molar-refractivity contribution < 1.29 is 9.53 Å². The van der Waals surface area contributed by atoms with Crippen molar-refractivity contribution in [2.45, 2.75) is 32.2 Å². The van der Waals surface area contributed by atoms with E-state index in [-0.39, 0.29) is 18.3 Å². The highest BCUT2D eigenvalue weighted by atomic mass is 35.5. The van der Waals surface area contributed by atoms with Crippen LogP contribution in [0.15, 0.2) is 34.8 Å². The first-order valence-corrected chi connectivity index (χ1v) is 10.4. The van der Waals surface area contributed by atoms with Gasteiger partial charge in [0.2, 0.25) is 5.91 Å². The van der Waals surface area contributed by atoms with Crippen LogP contribution in [-0.2, 0) is 17.9 Å². The van der Waals surface area contributed by atoms with Gasteiger partial charge in [-0.05, 0) is 26.0 Å². The molecule has 1 N–H and O–H groups in total. The number of nitrogens with zero attached hydrogens (tertiary/aromatic N) is 4. The number of thiazole rings is 1. The molecule has 27 heavy (non-hydrogen) atoms. The molecule has 0 fully saturated rings. The number of anilines is 1. The average molecular weight is 424 g/mol. The highest BCUT2D eigenvalue weighted by Crippen LogP contribution is 2.25. The second-order valence-corrected chi connectivity index (χ2v) is 7.70. The quantitative estimate of drug-likeness (QED) is 0.551. The molecule has 0 atom stereocenters. The van der Waals surface area contributed by atoms with E-state index in [1.165, 1.54) is 23.1 Å². The van der Waals surface area contributed by atoms with Gasteiger partial charge in [-0.25, -0.2) is 4.98 Å². The van der Waals surface area contributed by atoms with Gasteiger partial charge >= 0.3 is 0 Å². The number of carbonyl (C=O) groups is 1. The molecule has 10 heteroatoms. The SMILES string of the molecule is CCn1c(COc2ccccc2Cl)nnc1SCC(=O)Nc1nc(C)cs1. The number of aromatic nitrogens is 4. The minimum Gasteiger partial charge on any atom is -0.484 e. The van der Waals surface area contributed by atoms with Gasteiger partial charge in [0.05, 0.1) is 16.5 Å². The summed E-state index contributed by atoms with van der Waals surface area (Å²) in [5, 5.41) is 14.8. The number of nitrogens with one attached hydrogen (secondary N) is 1. The molecule has 0 spiro atoms. The Bertz CT molecular complexity index is 928. The number of carbonyl (C=O) groups excluding carboxylic acids is 1. The number of thioether (sulfide) groups is 1. The maximum atomic E-state index is 12.1. The van der Waals surface area contributed by atoms with Crippen LogP contribution < -0.4 is 10.1 Å². The third-order valence-electron chi connectivity index (χ3n) is 3.50. The van der Waals surface area contributed by atoms with Gasteiger partial charge in [0.25, 0.3) is 0 Å². The van der Waals surface area contributed by atoms with Crippen LogP contribution in [0.25, 0.3) is 0 Å². The lowest BCUT2D eigenvalue weighted by Gasteiger charge is -2.09. The Morgan fingerprint density at radius 1 is 1.37 bits per heavy atom. The monoisotopic (exact) mass is 423 g/mol. The van der Waals surface area contributed by atoms with Gasteiger partial charge in [-0.3, -0.25) is 4.79 Å². The second kappa shape index (κ2) is 9.20. The molecule has 1 aromatic carbocycles. The van der Waals surface area contributed by atoms with Gasteiger partial charge in [0, 0.05) is 11.9 Å². The van der Waals surface area contributed by atoms with Crippen LogP contribution in [0.2, 0.25) is 5.02 Å². The summed E-state index contributed by atoms with van der Waals surface area (Å²) in [4.78, 5) is 16.3. The first-order chi connectivity index (χ1) is 13.1. The Morgan fingerprint density at radius 2 is 2.19 bits per heavy atom. The molecular formula is C17H18ClN5O2S2. The predicted octanol–water partition coefficient (Wildman–Crippen LogP) is 4.03. The molecule has 3 rings (SSSR count). The Labute approximate surface area is 170 Å². The number of rotatable bonds is 8. The summed E-state index contributed by atoms with van der Waals surface area (Å²) in [5.41, 5.74) is 0.886. The van der Waals surface area contributed by atoms with E-state index >= 15 is 0 Å². The molecule has 0 aliphatic heterocycles. The molecule has 2 aromatic heterocycles. The summed E-state index contributed by atoms with van der Waals surface area (Å²) in [5.74, 6) is 1.36. The number of para-hydroxylation sites is 1. The summed E-state index contributed by atoms with van der Waals surface area (Å²) in [6.07, 6.45) is 0. The third kappa shape index (κ3) is 5.21. The number of amides is 1. The van der Waals surface area contributed by atoms with E-state index in [0.717, 1.165) is 5.69 Å². The summed E-state index contributed by atoms with van der Waals surface area (Å²) < 4.78 is 7.65. The fourth-order valence-corrected chi connectivity index (χ4v) is 3.97. The number of hydrogen-bond acceptors (Lipinski definition) is 7. The fraction of sp³-hybridized carbons (Fsp3) is 0.294. The van der Waals surface area contributed by atoms with Crippen LogP contribution in [0.5, 0.6) is 5.75 Å². The summed E-state index contributed by atoms with van der Waals surface area (Å²) in [7, 11) is 0. The highest BCUT2D eigenvalue weighted by molar-refractivity contribution is 7.99. The minimum absolute atomic E-state index is 0.131. The van der Waals surface area contributed by atoms with E-state index in [1.807, 2.05) is 35.9 Å². The van der Waals surface area contributed by atoms with Crippen molar-refractivity contribution in [1.29, 1.82) is 0 Å². The number of halogens is 1. The zero-order valence-electron chi connectivity index (χ0n) is 14.8. The van der Waals surface area contributed by atoms with Gasteiger partial charge in [-0.1, -0.05) is 35.5 Å². The van der Waals surface area contributed by atoms with Crippen LogP contribution in [0.1, 0.15) is 18.4 Å². The van der Waals surface area contributed by atoms with E-state index in [4.69, 9.17) is 16.3 Å². The zero-order chi connectivity index (χ0) is 19.2. The molecule has 7 nitrogen and oxygen atoms in total.